The molecule has 0 aliphatic carbocycles. The molecule has 3 heterocycles. The Balaban J connectivity index is 1.48. The number of carbonyl (C=O) groups excluding carboxylic acids is 1. The fourth-order valence-corrected chi connectivity index (χ4v) is 4.15. The van der Waals surface area contributed by atoms with Crippen LogP contribution in [-0.2, 0) is 7.05 Å². The van der Waals surface area contributed by atoms with Crippen molar-refractivity contribution in [1.29, 1.82) is 0 Å². The van der Waals surface area contributed by atoms with E-state index in [1.54, 1.807) is 0 Å². The molecule has 148 valence electrons. The lowest BCUT2D eigenvalue weighted by molar-refractivity contribution is 0.0737. The lowest BCUT2D eigenvalue weighted by Gasteiger charge is -2.36. The molecule has 4 rings (SSSR count). The molecular formula is C21H27N5O2. The Hall–Kier alpha value is -2.96. The van der Waals surface area contributed by atoms with Crippen LogP contribution in [0.3, 0.4) is 0 Å². The highest BCUT2D eigenvalue weighted by molar-refractivity contribution is 5.93. The van der Waals surface area contributed by atoms with Crippen molar-refractivity contribution in [3.05, 3.63) is 47.8 Å². The maximum absolute atomic E-state index is 12.7. The molecule has 2 aliphatic rings. The lowest BCUT2D eigenvalue weighted by Crippen LogP contribution is -2.49. The highest BCUT2D eigenvalue weighted by Crippen LogP contribution is 2.29. The number of benzene rings is 1. The Labute approximate surface area is 165 Å². The van der Waals surface area contributed by atoms with Crippen molar-refractivity contribution >= 4 is 23.5 Å². The van der Waals surface area contributed by atoms with Crippen LogP contribution < -0.4 is 9.80 Å². The van der Waals surface area contributed by atoms with Gasteiger partial charge in [0, 0.05) is 69.5 Å². The van der Waals surface area contributed by atoms with Gasteiger partial charge in [-0.05, 0) is 43.2 Å². The quantitative estimate of drug-likeness (QED) is 0.502. The first-order valence-electron chi connectivity index (χ1n) is 9.89. The largest absolute Gasteiger partial charge is 0.411 e. The predicted octanol–water partition coefficient (Wildman–Crippen LogP) is 2.40. The van der Waals surface area contributed by atoms with E-state index in [1.807, 2.05) is 40.9 Å². The molecule has 0 spiro atoms. The van der Waals surface area contributed by atoms with E-state index < -0.39 is 0 Å². The number of aromatic nitrogens is 1. The third-order valence-corrected chi connectivity index (χ3v) is 5.75. The number of hydrogen-bond acceptors (Lipinski definition) is 5. The minimum atomic E-state index is 0.0967. The van der Waals surface area contributed by atoms with Gasteiger partial charge in [-0.2, -0.15) is 0 Å². The summed E-state index contributed by atoms with van der Waals surface area (Å²) >= 11 is 0. The number of rotatable bonds is 4. The number of amides is 1. The molecule has 0 bridgehead atoms. The fourth-order valence-electron chi connectivity index (χ4n) is 4.15. The molecule has 2 aromatic rings. The zero-order chi connectivity index (χ0) is 19.5. The average molecular weight is 381 g/mol. The van der Waals surface area contributed by atoms with E-state index in [1.165, 1.54) is 19.1 Å². The Bertz CT molecular complexity index is 861. The minimum Gasteiger partial charge on any atom is -0.411 e. The lowest BCUT2D eigenvalue weighted by atomic mass is 10.1. The first kappa shape index (κ1) is 18.4. The third kappa shape index (κ3) is 3.56. The van der Waals surface area contributed by atoms with Gasteiger partial charge in [0.2, 0.25) is 0 Å². The number of aryl methyl sites for hydroxylation is 1. The van der Waals surface area contributed by atoms with E-state index in [0.29, 0.717) is 13.1 Å². The van der Waals surface area contributed by atoms with Gasteiger partial charge in [-0.25, -0.2) is 0 Å². The minimum absolute atomic E-state index is 0.0967. The Kier molecular flexibility index (Phi) is 5.23. The van der Waals surface area contributed by atoms with Crippen molar-refractivity contribution in [2.45, 2.75) is 12.8 Å². The summed E-state index contributed by atoms with van der Waals surface area (Å²) in [7, 11) is 1.90. The third-order valence-electron chi connectivity index (χ3n) is 5.75. The van der Waals surface area contributed by atoms with Gasteiger partial charge in [0.25, 0.3) is 5.91 Å². The zero-order valence-electron chi connectivity index (χ0n) is 16.3. The molecule has 28 heavy (non-hydrogen) atoms. The normalized spacial score (nSPS) is 17.7. The first-order valence-corrected chi connectivity index (χ1v) is 9.89. The van der Waals surface area contributed by atoms with Crippen LogP contribution in [0.2, 0.25) is 0 Å². The molecular weight excluding hydrogens is 354 g/mol. The smallest absolute Gasteiger partial charge is 0.270 e. The molecule has 0 saturated carbocycles. The molecule has 2 aliphatic heterocycles. The molecule has 0 radical (unpaired) electrons. The molecule has 1 aromatic carbocycles. The number of oxime groups is 1. The summed E-state index contributed by atoms with van der Waals surface area (Å²) < 4.78 is 1.87. The number of anilines is 2. The van der Waals surface area contributed by atoms with Crippen LogP contribution in [0.5, 0.6) is 0 Å². The van der Waals surface area contributed by atoms with Crippen molar-refractivity contribution in [2.24, 2.45) is 12.2 Å². The van der Waals surface area contributed by atoms with Crippen molar-refractivity contribution in [3.63, 3.8) is 0 Å². The van der Waals surface area contributed by atoms with Crippen molar-refractivity contribution in [2.75, 3.05) is 49.1 Å². The molecule has 7 nitrogen and oxygen atoms in total. The van der Waals surface area contributed by atoms with E-state index in [9.17, 15) is 4.79 Å². The van der Waals surface area contributed by atoms with Crippen LogP contribution in [-0.4, -0.2) is 66.1 Å². The molecule has 7 heteroatoms. The Morgan fingerprint density at radius 1 is 1.04 bits per heavy atom. The molecule has 2 fully saturated rings. The molecule has 1 N–H and O–H groups in total. The molecule has 2 saturated heterocycles. The maximum atomic E-state index is 12.7. The van der Waals surface area contributed by atoms with Gasteiger partial charge in [0.1, 0.15) is 5.69 Å². The molecule has 1 aromatic heterocycles. The van der Waals surface area contributed by atoms with Gasteiger partial charge < -0.3 is 24.5 Å². The summed E-state index contributed by atoms with van der Waals surface area (Å²) in [4.78, 5) is 19.3. The second-order valence-electron chi connectivity index (χ2n) is 7.47. The fraction of sp³-hybridized carbons (Fsp3) is 0.429. The number of carbonyl (C=O) groups is 1. The van der Waals surface area contributed by atoms with Gasteiger partial charge in [-0.3, -0.25) is 4.79 Å². The van der Waals surface area contributed by atoms with Crippen LogP contribution in [0.25, 0.3) is 0 Å². The van der Waals surface area contributed by atoms with Crippen molar-refractivity contribution in [1.82, 2.24) is 9.47 Å². The van der Waals surface area contributed by atoms with E-state index in [-0.39, 0.29) is 5.91 Å². The Morgan fingerprint density at radius 3 is 2.43 bits per heavy atom. The van der Waals surface area contributed by atoms with E-state index >= 15 is 0 Å². The second-order valence-corrected chi connectivity index (χ2v) is 7.47. The van der Waals surface area contributed by atoms with Gasteiger partial charge >= 0.3 is 0 Å². The summed E-state index contributed by atoms with van der Waals surface area (Å²) in [5.74, 6) is 0.0967. The molecule has 0 unspecified atom stereocenters. The van der Waals surface area contributed by atoms with Crippen LogP contribution in [0.4, 0.5) is 11.4 Å². The average Bonchev–Trinajstić information content (AvgIpc) is 3.40. The van der Waals surface area contributed by atoms with E-state index in [4.69, 9.17) is 5.21 Å². The first-order chi connectivity index (χ1) is 13.7. The topological polar surface area (TPSA) is 64.3 Å². The summed E-state index contributed by atoms with van der Waals surface area (Å²) in [6, 6.07) is 10.1. The highest BCUT2D eigenvalue weighted by atomic mass is 16.4. The summed E-state index contributed by atoms with van der Waals surface area (Å²) in [5.41, 5.74) is 3.95. The van der Waals surface area contributed by atoms with Gasteiger partial charge in [-0.1, -0.05) is 5.16 Å². The van der Waals surface area contributed by atoms with Crippen molar-refractivity contribution < 1.29 is 10.0 Å². The number of piperazine rings is 1. The summed E-state index contributed by atoms with van der Waals surface area (Å²) in [5, 5.41) is 12.2. The van der Waals surface area contributed by atoms with Gasteiger partial charge in [-0.15, -0.1) is 0 Å². The zero-order valence-corrected chi connectivity index (χ0v) is 16.3. The predicted molar refractivity (Wildman–Crippen MR) is 111 cm³/mol. The maximum Gasteiger partial charge on any atom is 0.270 e. The molecule has 0 atom stereocenters. The SMILES string of the molecule is Cn1cccc1C(=O)N1CCN(c2ccc(/C=N\O)c(N3CCCC3)c2)CC1. The summed E-state index contributed by atoms with van der Waals surface area (Å²) in [6.45, 7) is 5.11. The highest BCUT2D eigenvalue weighted by Gasteiger charge is 2.24. The van der Waals surface area contributed by atoms with Gasteiger partial charge in [0.05, 0.1) is 6.21 Å². The molecule has 1 amide bonds. The van der Waals surface area contributed by atoms with Crippen LogP contribution in [0.15, 0.2) is 41.7 Å². The van der Waals surface area contributed by atoms with Crippen LogP contribution in [0, 0.1) is 0 Å². The number of hydrogen-bond donors (Lipinski definition) is 1. The second kappa shape index (κ2) is 7.96. The van der Waals surface area contributed by atoms with Gasteiger partial charge in [0.15, 0.2) is 0 Å². The van der Waals surface area contributed by atoms with Crippen LogP contribution in [0.1, 0.15) is 28.9 Å². The van der Waals surface area contributed by atoms with Crippen LogP contribution >= 0.6 is 0 Å². The van der Waals surface area contributed by atoms with Crippen molar-refractivity contribution in [3.8, 4) is 0 Å². The monoisotopic (exact) mass is 381 g/mol. The summed E-state index contributed by atoms with van der Waals surface area (Å²) in [6.07, 6.45) is 5.80. The van der Waals surface area contributed by atoms with E-state index in [2.05, 4.69) is 27.1 Å². The standard InChI is InChI=1S/C21H27N5O2/c1-23-8-4-5-19(23)21(27)26-13-11-24(12-14-26)18-7-6-17(16-22-28)20(15-18)25-9-2-3-10-25/h4-8,15-16,28H,2-3,9-14H2,1H3/b22-16-. The number of nitrogens with zero attached hydrogens (tertiary/aromatic N) is 5. The Morgan fingerprint density at radius 2 is 1.79 bits per heavy atom. The van der Waals surface area contributed by atoms with E-state index in [0.717, 1.165) is 48.8 Å².